The SMILES string of the molecule is CC(C)=Cc1ncncc1/C=C\C(C)(C)C.CCC. The molecule has 0 aliphatic heterocycles. The van der Waals surface area contributed by atoms with E-state index in [1.165, 1.54) is 12.0 Å². The van der Waals surface area contributed by atoms with Crippen molar-refractivity contribution in [3.05, 3.63) is 35.4 Å². The van der Waals surface area contributed by atoms with E-state index in [1.54, 1.807) is 6.33 Å². The monoisotopic (exact) mass is 260 g/mol. The normalized spacial score (nSPS) is 10.9. The molecular weight excluding hydrogens is 232 g/mol. The van der Waals surface area contributed by atoms with Crippen molar-refractivity contribution in [3.8, 4) is 0 Å². The molecule has 2 heteroatoms. The third kappa shape index (κ3) is 9.18. The molecule has 0 atom stereocenters. The molecule has 1 aromatic heterocycles. The first kappa shape index (κ1) is 17.6. The Morgan fingerprint density at radius 3 is 2.26 bits per heavy atom. The standard InChI is InChI=1S/C14H20N2.C3H8/c1-11(2)8-13-12(9-15-10-16-13)6-7-14(3,4)5;1-3-2/h6-10H,1-5H3;3H2,1-2H3/b7-6-;. The van der Waals surface area contributed by atoms with Gasteiger partial charge < -0.3 is 0 Å². The fraction of sp³-hybridized carbons (Fsp3) is 0.529. The summed E-state index contributed by atoms with van der Waals surface area (Å²) in [6, 6.07) is 0. The van der Waals surface area contributed by atoms with Gasteiger partial charge in [0.1, 0.15) is 6.33 Å². The van der Waals surface area contributed by atoms with E-state index in [0.29, 0.717) is 0 Å². The topological polar surface area (TPSA) is 25.8 Å². The molecule has 0 unspecified atom stereocenters. The van der Waals surface area contributed by atoms with E-state index in [9.17, 15) is 0 Å². The molecule has 0 aromatic carbocycles. The van der Waals surface area contributed by atoms with E-state index >= 15 is 0 Å². The zero-order valence-electron chi connectivity index (χ0n) is 13.5. The van der Waals surface area contributed by atoms with Gasteiger partial charge in [0.05, 0.1) is 5.69 Å². The lowest BCUT2D eigenvalue weighted by Gasteiger charge is -2.11. The minimum absolute atomic E-state index is 0.179. The molecule has 0 N–H and O–H groups in total. The predicted molar refractivity (Wildman–Crippen MR) is 85.8 cm³/mol. The molecular formula is C17H28N2. The van der Waals surface area contributed by atoms with E-state index in [2.05, 4.69) is 76.7 Å². The third-order valence-corrected chi connectivity index (χ3v) is 1.96. The Labute approximate surface area is 118 Å². The number of hydrogen-bond donors (Lipinski definition) is 0. The molecule has 0 saturated heterocycles. The minimum atomic E-state index is 0.179. The predicted octanol–water partition coefficient (Wildman–Crippen LogP) is 5.38. The summed E-state index contributed by atoms with van der Waals surface area (Å²) < 4.78 is 0. The Balaban J connectivity index is 0.000000982. The second-order valence-electron chi connectivity index (χ2n) is 5.99. The summed E-state index contributed by atoms with van der Waals surface area (Å²) in [5.41, 5.74) is 3.47. The molecule has 1 rings (SSSR count). The number of nitrogens with zero attached hydrogens (tertiary/aromatic N) is 2. The highest BCUT2D eigenvalue weighted by molar-refractivity contribution is 5.62. The molecule has 1 heterocycles. The largest absolute Gasteiger partial charge is 0.244 e. The maximum atomic E-state index is 4.28. The summed E-state index contributed by atoms with van der Waals surface area (Å²) in [7, 11) is 0. The lowest BCUT2D eigenvalue weighted by atomic mass is 9.95. The number of aromatic nitrogens is 2. The first-order valence-corrected chi connectivity index (χ1v) is 6.94. The van der Waals surface area contributed by atoms with Crippen molar-refractivity contribution in [1.29, 1.82) is 0 Å². The molecule has 1 aromatic rings. The van der Waals surface area contributed by atoms with Gasteiger partial charge in [-0.05, 0) is 25.3 Å². The summed E-state index contributed by atoms with van der Waals surface area (Å²) in [6.45, 7) is 14.9. The molecule has 0 saturated carbocycles. The van der Waals surface area contributed by atoms with Gasteiger partial charge in [0, 0.05) is 11.8 Å². The summed E-state index contributed by atoms with van der Waals surface area (Å²) in [5.74, 6) is 0. The van der Waals surface area contributed by atoms with Crippen LogP contribution >= 0.6 is 0 Å². The van der Waals surface area contributed by atoms with E-state index in [4.69, 9.17) is 0 Å². The Morgan fingerprint density at radius 1 is 1.21 bits per heavy atom. The average molecular weight is 260 g/mol. The van der Waals surface area contributed by atoms with Crippen molar-refractivity contribution in [2.75, 3.05) is 0 Å². The zero-order valence-corrected chi connectivity index (χ0v) is 13.5. The number of rotatable bonds is 2. The maximum absolute atomic E-state index is 4.28. The highest BCUT2D eigenvalue weighted by Gasteiger charge is 2.05. The average Bonchev–Trinajstić information content (AvgIpc) is 2.27. The van der Waals surface area contributed by atoms with Gasteiger partial charge in [-0.3, -0.25) is 0 Å². The lowest BCUT2D eigenvalue weighted by molar-refractivity contribution is 0.547. The molecule has 0 amide bonds. The van der Waals surface area contributed by atoms with Crippen LogP contribution in [-0.2, 0) is 0 Å². The quantitative estimate of drug-likeness (QED) is 0.714. The van der Waals surface area contributed by atoms with Gasteiger partial charge >= 0.3 is 0 Å². The van der Waals surface area contributed by atoms with Crippen LogP contribution in [-0.4, -0.2) is 9.97 Å². The van der Waals surface area contributed by atoms with Crippen LogP contribution in [0.1, 0.15) is 66.1 Å². The van der Waals surface area contributed by atoms with E-state index < -0.39 is 0 Å². The molecule has 0 radical (unpaired) electrons. The minimum Gasteiger partial charge on any atom is -0.244 e. The number of hydrogen-bond acceptors (Lipinski definition) is 2. The summed E-state index contributed by atoms with van der Waals surface area (Å²) in [5, 5.41) is 0. The molecule has 0 aliphatic rings. The first-order chi connectivity index (χ1) is 8.80. The Kier molecular flexibility index (Phi) is 7.97. The summed E-state index contributed by atoms with van der Waals surface area (Å²) in [6.07, 6.45) is 11.0. The van der Waals surface area contributed by atoms with Gasteiger partial charge in [-0.15, -0.1) is 0 Å². The Hall–Kier alpha value is -1.44. The highest BCUT2D eigenvalue weighted by Crippen LogP contribution is 2.18. The van der Waals surface area contributed by atoms with Gasteiger partial charge in [-0.1, -0.05) is 58.8 Å². The van der Waals surface area contributed by atoms with E-state index in [-0.39, 0.29) is 5.41 Å². The van der Waals surface area contributed by atoms with Crippen LogP contribution in [0.25, 0.3) is 12.2 Å². The van der Waals surface area contributed by atoms with Crippen LogP contribution in [0.2, 0.25) is 0 Å². The third-order valence-electron chi connectivity index (χ3n) is 1.96. The van der Waals surface area contributed by atoms with Crippen LogP contribution in [0.3, 0.4) is 0 Å². The van der Waals surface area contributed by atoms with Crippen LogP contribution < -0.4 is 0 Å². The summed E-state index contributed by atoms with van der Waals surface area (Å²) in [4.78, 5) is 8.34. The van der Waals surface area contributed by atoms with E-state index in [1.807, 2.05) is 6.20 Å². The molecule has 0 spiro atoms. The molecule has 0 aliphatic carbocycles. The second kappa shape index (κ2) is 8.63. The fourth-order valence-electron chi connectivity index (χ4n) is 1.21. The van der Waals surface area contributed by atoms with Crippen LogP contribution in [0.15, 0.2) is 24.2 Å². The van der Waals surface area contributed by atoms with Crippen molar-refractivity contribution in [2.24, 2.45) is 5.41 Å². The molecule has 106 valence electrons. The van der Waals surface area contributed by atoms with Gasteiger partial charge in [0.2, 0.25) is 0 Å². The van der Waals surface area contributed by atoms with Crippen molar-refractivity contribution in [3.63, 3.8) is 0 Å². The van der Waals surface area contributed by atoms with Gasteiger partial charge in [0.15, 0.2) is 0 Å². The van der Waals surface area contributed by atoms with Gasteiger partial charge in [-0.2, -0.15) is 0 Å². The van der Waals surface area contributed by atoms with Crippen molar-refractivity contribution < 1.29 is 0 Å². The van der Waals surface area contributed by atoms with Crippen LogP contribution in [0.4, 0.5) is 0 Å². The van der Waals surface area contributed by atoms with Crippen molar-refractivity contribution >= 4 is 12.2 Å². The van der Waals surface area contributed by atoms with Crippen molar-refractivity contribution in [1.82, 2.24) is 9.97 Å². The lowest BCUT2D eigenvalue weighted by Crippen LogP contribution is -1.98. The van der Waals surface area contributed by atoms with E-state index in [0.717, 1.165) is 11.3 Å². The van der Waals surface area contributed by atoms with Crippen LogP contribution in [0, 0.1) is 5.41 Å². The fourth-order valence-corrected chi connectivity index (χ4v) is 1.21. The van der Waals surface area contributed by atoms with Crippen LogP contribution in [0.5, 0.6) is 0 Å². The molecule has 2 nitrogen and oxygen atoms in total. The number of allylic oxidation sites excluding steroid dienone is 2. The van der Waals surface area contributed by atoms with Gasteiger partial charge in [-0.25, -0.2) is 9.97 Å². The highest BCUT2D eigenvalue weighted by atomic mass is 14.8. The second-order valence-corrected chi connectivity index (χ2v) is 5.99. The molecule has 19 heavy (non-hydrogen) atoms. The zero-order chi connectivity index (χ0) is 14.9. The Morgan fingerprint density at radius 2 is 1.79 bits per heavy atom. The van der Waals surface area contributed by atoms with Gasteiger partial charge in [0.25, 0.3) is 0 Å². The van der Waals surface area contributed by atoms with Crippen molar-refractivity contribution in [2.45, 2.75) is 54.9 Å². The summed E-state index contributed by atoms with van der Waals surface area (Å²) >= 11 is 0. The smallest absolute Gasteiger partial charge is 0.116 e. The molecule has 0 bridgehead atoms. The Bertz CT molecular complexity index is 419. The first-order valence-electron chi connectivity index (χ1n) is 6.94. The maximum Gasteiger partial charge on any atom is 0.116 e. The molecule has 0 fully saturated rings.